The molecule has 26 heavy (non-hydrogen) atoms. The van der Waals surface area contributed by atoms with Crippen LogP contribution in [0.25, 0.3) is 0 Å². The Bertz CT molecular complexity index is 906. The maximum atomic E-state index is 13.5. The minimum atomic E-state index is -0.648. The maximum Gasteiger partial charge on any atom is 0.185 e. The van der Waals surface area contributed by atoms with Gasteiger partial charge in [0, 0.05) is 29.9 Å². The molecule has 0 aliphatic heterocycles. The van der Waals surface area contributed by atoms with Crippen molar-refractivity contribution in [3.05, 3.63) is 71.4 Å². The topological polar surface area (TPSA) is 47.8 Å². The zero-order valence-electron chi connectivity index (χ0n) is 14.3. The van der Waals surface area contributed by atoms with Gasteiger partial charge in [0.1, 0.15) is 16.7 Å². The number of benzene rings is 1. The van der Waals surface area contributed by atoms with Gasteiger partial charge in [-0.15, -0.1) is 0 Å². The molecule has 3 aromatic rings. The number of nitrogens with zero attached hydrogens (tertiary/aromatic N) is 3. The number of rotatable bonds is 6. The number of imidazole rings is 1. The fraction of sp³-hybridized carbons (Fsp3) is 0.211. The van der Waals surface area contributed by atoms with Crippen LogP contribution in [0.1, 0.15) is 41.6 Å². The van der Waals surface area contributed by atoms with Crippen molar-refractivity contribution in [2.75, 3.05) is 0 Å². The summed E-state index contributed by atoms with van der Waals surface area (Å²) in [5.74, 6) is -0.945. The van der Waals surface area contributed by atoms with Gasteiger partial charge in [-0.3, -0.25) is 9.78 Å². The molecular weight excluding hydrogens is 356 g/mol. The first-order valence-corrected chi connectivity index (χ1v) is 8.88. The van der Waals surface area contributed by atoms with E-state index in [4.69, 9.17) is 0 Å². The molecule has 0 spiro atoms. The molecule has 0 bridgehead atoms. The van der Waals surface area contributed by atoms with Gasteiger partial charge in [0.15, 0.2) is 12.1 Å². The van der Waals surface area contributed by atoms with Crippen molar-refractivity contribution in [3.63, 3.8) is 0 Å². The zero-order valence-corrected chi connectivity index (χ0v) is 15.1. The normalized spacial score (nSPS) is 11.1. The Kier molecular flexibility index (Phi) is 5.46. The molecule has 0 fully saturated rings. The van der Waals surface area contributed by atoms with Crippen molar-refractivity contribution in [1.29, 1.82) is 0 Å². The molecule has 0 radical (unpaired) electrons. The summed E-state index contributed by atoms with van der Waals surface area (Å²) in [6, 6.07) is 7.06. The standard InChI is InChI=1S/C19H17F2N3OS/c1-12(2)18-19(26-16-8-14(20)7-15(21)9-16)23-17(11-25)24(18)10-13-3-5-22-6-4-13/h3-9,11-12H,10H2,1-2H3. The second-order valence-electron chi connectivity index (χ2n) is 6.08. The average Bonchev–Trinajstić information content (AvgIpc) is 2.92. The molecule has 134 valence electrons. The number of carbonyl (C=O) groups excluding carboxylic acids is 1. The van der Waals surface area contributed by atoms with Crippen molar-refractivity contribution in [1.82, 2.24) is 14.5 Å². The molecule has 0 aliphatic rings. The first-order valence-electron chi connectivity index (χ1n) is 8.06. The van der Waals surface area contributed by atoms with E-state index in [1.54, 1.807) is 12.4 Å². The SMILES string of the molecule is CC(C)c1c(Sc2cc(F)cc(F)c2)nc(C=O)n1Cc1ccncc1. The van der Waals surface area contributed by atoms with Crippen LogP contribution in [0.3, 0.4) is 0 Å². The lowest BCUT2D eigenvalue weighted by atomic mass is 10.1. The van der Waals surface area contributed by atoms with Crippen LogP contribution in [0.5, 0.6) is 0 Å². The average molecular weight is 373 g/mol. The molecule has 0 saturated heterocycles. The van der Waals surface area contributed by atoms with E-state index in [-0.39, 0.29) is 11.7 Å². The molecule has 2 heterocycles. The second kappa shape index (κ2) is 7.78. The number of pyridine rings is 1. The Morgan fingerprint density at radius 2 is 1.81 bits per heavy atom. The lowest BCUT2D eigenvalue weighted by Crippen LogP contribution is -2.09. The molecule has 0 aliphatic carbocycles. The van der Waals surface area contributed by atoms with Crippen LogP contribution >= 0.6 is 11.8 Å². The third-order valence-electron chi connectivity index (χ3n) is 3.80. The summed E-state index contributed by atoms with van der Waals surface area (Å²) in [7, 11) is 0. The molecule has 4 nitrogen and oxygen atoms in total. The highest BCUT2D eigenvalue weighted by Gasteiger charge is 2.21. The predicted molar refractivity (Wildman–Crippen MR) is 95.5 cm³/mol. The number of aromatic nitrogens is 3. The summed E-state index contributed by atoms with van der Waals surface area (Å²) in [5, 5.41) is 0.571. The number of halogens is 2. The fourth-order valence-corrected chi connectivity index (χ4v) is 3.88. The molecule has 0 unspecified atom stereocenters. The van der Waals surface area contributed by atoms with Gasteiger partial charge in [0.25, 0.3) is 0 Å². The second-order valence-corrected chi connectivity index (χ2v) is 7.14. The Morgan fingerprint density at radius 1 is 1.15 bits per heavy atom. The van der Waals surface area contributed by atoms with E-state index in [1.807, 2.05) is 30.5 Å². The fourth-order valence-electron chi connectivity index (χ4n) is 2.72. The van der Waals surface area contributed by atoms with Gasteiger partial charge in [-0.2, -0.15) is 0 Å². The molecule has 2 aromatic heterocycles. The molecular formula is C19H17F2N3OS. The van der Waals surface area contributed by atoms with Crippen molar-refractivity contribution >= 4 is 18.0 Å². The van der Waals surface area contributed by atoms with E-state index < -0.39 is 11.6 Å². The molecule has 0 amide bonds. The Morgan fingerprint density at radius 3 is 2.38 bits per heavy atom. The Hall–Kier alpha value is -2.54. The monoisotopic (exact) mass is 373 g/mol. The number of aldehydes is 1. The maximum absolute atomic E-state index is 13.5. The molecule has 0 saturated carbocycles. The van der Waals surface area contributed by atoms with E-state index in [9.17, 15) is 13.6 Å². The Labute approximate surface area is 154 Å². The minimum absolute atomic E-state index is 0.0685. The summed E-state index contributed by atoms with van der Waals surface area (Å²) >= 11 is 1.15. The highest BCUT2D eigenvalue weighted by atomic mass is 32.2. The lowest BCUT2D eigenvalue weighted by molar-refractivity contribution is 0.111. The van der Waals surface area contributed by atoms with Gasteiger partial charge < -0.3 is 4.57 Å². The van der Waals surface area contributed by atoms with E-state index in [1.165, 1.54) is 12.1 Å². The van der Waals surface area contributed by atoms with Crippen molar-refractivity contribution in [3.8, 4) is 0 Å². The van der Waals surface area contributed by atoms with Crippen LogP contribution in [0.4, 0.5) is 8.78 Å². The van der Waals surface area contributed by atoms with Crippen LogP contribution in [0, 0.1) is 11.6 Å². The van der Waals surface area contributed by atoms with E-state index in [2.05, 4.69) is 9.97 Å². The molecule has 7 heteroatoms. The van der Waals surface area contributed by atoms with Crippen LogP contribution in [-0.2, 0) is 6.54 Å². The zero-order chi connectivity index (χ0) is 18.7. The lowest BCUT2D eigenvalue weighted by Gasteiger charge is -2.14. The van der Waals surface area contributed by atoms with Gasteiger partial charge in [-0.05, 0) is 35.7 Å². The largest absolute Gasteiger partial charge is 0.320 e. The van der Waals surface area contributed by atoms with Crippen molar-refractivity contribution in [2.45, 2.75) is 36.2 Å². The summed E-state index contributed by atoms with van der Waals surface area (Å²) in [6.07, 6.45) is 4.07. The third-order valence-corrected chi connectivity index (χ3v) is 4.76. The number of hydrogen-bond donors (Lipinski definition) is 0. The molecule has 1 aromatic carbocycles. The van der Waals surface area contributed by atoms with Crippen LogP contribution in [0.15, 0.2) is 52.6 Å². The van der Waals surface area contributed by atoms with Crippen molar-refractivity contribution < 1.29 is 13.6 Å². The van der Waals surface area contributed by atoms with Gasteiger partial charge in [-0.1, -0.05) is 25.6 Å². The Balaban J connectivity index is 2.03. The van der Waals surface area contributed by atoms with Gasteiger partial charge in [0.05, 0.1) is 5.69 Å². The predicted octanol–water partition coefficient (Wildman–Crippen LogP) is 4.69. The highest BCUT2D eigenvalue weighted by molar-refractivity contribution is 7.99. The number of hydrogen-bond acceptors (Lipinski definition) is 4. The molecule has 0 atom stereocenters. The summed E-state index contributed by atoms with van der Waals surface area (Å²) < 4.78 is 28.8. The summed E-state index contributed by atoms with van der Waals surface area (Å²) in [5.41, 5.74) is 1.83. The smallest absolute Gasteiger partial charge is 0.185 e. The van der Waals surface area contributed by atoms with E-state index in [0.29, 0.717) is 22.8 Å². The van der Waals surface area contributed by atoms with E-state index in [0.717, 1.165) is 29.1 Å². The third kappa shape index (κ3) is 3.99. The molecule has 3 rings (SSSR count). The van der Waals surface area contributed by atoms with Gasteiger partial charge >= 0.3 is 0 Å². The van der Waals surface area contributed by atoms with Crippen LogP contribution in [0.2, 0.25) is 0 Å². The minimum Gasteiger partial charge on any atom is -0.320 e. The summed E-state index contributed by atoms with van der Waals surface area (Å²) in [6.45, 7) is 4.45. The van der Waals surface area contributed by atoms with Gasteiger partial charge in [0.2, 0.25) is 0 Å². The summed E-state index contributed by atoms with van der Waals surface area (Å²) in [4.78, 5) is 20.3. The van der Waals surface area contributed by atoms with Crippen molar-refractivity contribution in [2.24, 2.45) is 0 Å². The van der Waals surface area contributed by atoms with Crippen LogP contribution < -0.4 is 0 Å². The molecule has 0 N–H and O–H groups in total. The quantitative estimate of drug-likeness (QED) is 0.588. The first kappa shape index (κ1) is 18.3. The van der Waals surface area contributed by atoms with E-state index >= 15 is 0 Å². The first-order chi connectivity index (χ1) is 12.5. The van der Waals surface area contributed by atoms with Crippen LogP contribution in [-0.4, -0.2) is 20.8 Å². The number of carbonyl (C=O) groups is 1. The highest BCUT2D eigenvalue weighted by Crippen LogP contribution is 2.35. The van der Waals surface area contributed by atoms with Gasteiger partial charge in [-0.25, -0.2) is 13.8 Å².